The van der Waals surface area contributed by atoms with Gasteiger partial charge in [-0.25, -0.2) is 0 Å². The number of fused-ring (bicyclic) bond motifs is 1. The Morgan fingerprint density at radius 3 is 2.55 bits per heavy atom. The molecule has 3 aromatic rings. The summed E-state index contributed by atoms with van der Waals surface area (Å²) in [6.07, 6.45) is 0. The van der Waals surface area contributed by atoms with Gasteiger partial charge in [0, 0.05) is 17.3 Å². The van der Waals surface area contributed by atoms with Crippen LogP contribution in [0.5, 0.6) is 0 Å². The molecular formula is C22H23ClN2O3S. The number of ether oxygens (including phenoxy) is 1. The van der Waals surface area contributed by atoms with Crippen molar-refractivity contribution < 1.29 is 14.3 Å². The minimum absolute atomic E-state index is 0.158. The zero-order valence-electron chi connectivity index (χ0n) is 16.8. The molecule has 29 heavy (non-hydrogen) atoms. The fourth-order valence-corrected chi connectivity index (χ4v) is 4.20. The number of hydrogen-bond acceptors (Lipinski definition) is 4. The monoisotopic (exact) mass is 430 g/mol. The number of amides is 1. The lowest BCUT2D eigenvalue weighted by Gasteiger charge is -2.15. The van der Waals surface area contributed by atoms with Crippen LogP contribution in [0.4, 0.5) is 0 Å². The van der Waals surface area contributed by atoms with E-state index >= 15 is 0 Å². The number of carbonyl (C=O) groups is 2. The number of nitrogens with one attached hydrogen (secondary N) is 1. The maximum absolute atomic E-state index is 12.9. The first-order chi connectivity index (χ1) is 13.8. The van der Waals surface area contributed by atoms with Gasteiger partial charge in [-0.1, -0.05) is 23.7 Å². The Morgan fingerprint density at radius 1 is 1.21 bits per heavy atom. The van der Waals surface area contributed by atoms with Crippen LogP contribution in [0.15, 0.2) is 47.4 Å². The molecule has 1 amide bonds. The Hall–Kier alpha value is -2.44. The summed E-state index contributed by atoms with van der Waals surface area (Å²) in [5, 5.41) is 4.55. The average Bonchev–Trinajstić information content (AvgIpc) is 3.03. The van der Waals surface area contributed by atoms with Crippen LogP contribution in [0.25, 0.3) is 10.9 Å². The fourth-order valence-electron chi connectivity index (χ4n) is 3.14. The smallest absolute Gasteiger partial charge is 0.315 e. The van der Waals surface area contributed by atoms with Crippen molar-refractivity contribution in [3.05, 3.63) is 64.3 Å². The molecule has 5 nitrogen and oxygen atoms in total. The van der Waals surface area contributed by atoms with E-state index in [1.807, 2.05) is 67.9 Å². The highest BCUT2D eigenvalue weighted by Gasteiger charge is 2.18. The fraction of sp³-hybridized carbons (Fsp3) is 0.273. The standard InChI is InChI=1S/C22H23ClN2O3S/c1-13-9-18(23)17-11-20(25(3)19(17)10-13)22(27)24-14(2)15-5-7-16(8-6-15)29-12-21(26)28-4/h5-11,14H,12H2,1-4H3,(H,24,27)/t14-/m1/s1. The summed E-state index contributed by atoms with van der Waals surface area (Å²) in [7, 11) is 3.24. The minimum atomic E-state index is -0.259. The number of rotatable bonds is 6. The molecule has 0 radical (unpaired) electrons. The summed E-state index contributed by atoms with van der Waals surface area (Å²) in [4.78, 5) is 25.1. The lowest BCUT2D eigenvalue weighted by Crippen LogP contribution is -2.28. The predicted octanol–water partition coefficient (Wildman–Crippen LogP) is 4.90. The maximum Gasteiger partial charge on any atom is 0.315 e. The van der Waals surface area contributed by atoms with Crippen LogP contribution in [0, 0.1) is 6.92 Å². The zero-order chi connectivity index (χ0) is 21.1. The molecule has 7 heteroatoms. The number of aromatic nitrogens is 1. The van der Waals surface area contributed by atoms with E-state index in [9.17, 15) is 9.59 Å². The number of carbonyl (C=O) groups excluding carboxylic acids is 2. The predicted molar refractivity (Wildman–Crippen MR) is 118 cm³/mol. The highest BCUT2D eigenvalue weighted by atomic mass is 35.5. The summed E-state index contributed by atoms with van der Waals surface area (Å²) < 4.78 is 6.51. The molecule has 3 rings (SSSR count). The van der Waals surface area contributed by atoms with Crippen molar-refractivity contribution in [3.8, 4) is 0 Å². The number of methoxy groups -OCH3 is 1. The van der Waals surface area contributed by atoms with E-state index in [0.29, 0.717) is 10.7 Å². The van der Waals surface area contributed by atoms with E-state index in [2.05, 4.69) is 10.1 Å². The second-order valence-electron chi connectivity index (χ2n) is 6.90. The Labute approximate surface area is 179 Å². The van der Waals surface area contributed by atoms with Crippen molar-refractivity contribution in [1.82, 2.24) is 9.88 Å². The summed E-state index contributed by atoms with van der Waals surface area (Å²) >= 11 is 7.76. The molecule has 0 unspecified atom stereocenters. The zero-order valence-corrected chi connectivity index (χ0v) is 18.4. The van der Waals surface area contributed by atoms with Crippen LogP contribution >= 0.6 is 23.4 Å². The van der Waals surface area contributed by atoms with Crippen molar-refractivity contribution >= 4 is 46.1 Å². The molecule has 0 saturated heterocycles. The minimum Gasteiger partial charge on any atom is -0.468 e. The number of thioether (sulfide) groups is 1. The van der Waals surface area contributed by atoms with Gasteiger partial charge in [-0.05, 0) is 55.3 Å². The van der Waals surface area contributed by atoms with Crippen LogP contribution in [0.1, 0.15) is 34.6 Å². The first-order valence-electron chi connectivity index (χ1n) is 9.16. The number of halogens is 1. The number of esters is 1. The Balaban J connectivity index is 1.72. The van der Waals surface area contributed by atoms with Gasteiger partial charge in [-0.2, -0.15) is 0 Å². The number of benzene rings is 2. The molecular weight excluding hydrogens is 408 g/mol. The molecule has 1 aromatic heterocycles. The van der Waals surface area contributed by atoms with Gasteiger partial charge in [0.1, 0.15) is 5.69 Å². The van der Waals surface area contributed by atoms with Crippen LogP contribution in [0.3, 0.4) is 0 Å². The van der Waals surface area contributed by atoms with Crippen molar-refractivity contribution in [1.29, 1.82) is 0 Å². The quantitative estimate of drug-likeness (QED) is 0.446. The van der Waals surface area contributed by atoms with E-state index in [-0.39, 0.29) is 23.7 Å². The molecule has 0 aliphatic heterocycles. The van der Waals surface area contributed by atoms with Crippen molar-refractivity contribution in [2.75, 3.05) is 12.9 Å². The summed E-state index contributed by atoms with van der Waals surface area (Å²) in [6, 6.07) is 13.3. The van der Waals surface area contributed by atoms with E-state index in [1.165, 1.54) is 18.9 Å². The third-order valence-corrected chi connectivity index (χ3v) is 6.10. The largest absolute Gasteiger partial charge is 0.468 e. The molecule has 152 valence electrons. The van der Waals surface area contributed by atoms with Crippen LogP contribution in [-0.2, 0) is 16.6 Å². The first kappa shape index (κ1) is 21.3. The normalized spacial score (nSPS) is 12.0. The average molecular weight is 431 g/mol. The van der Waals surface area contributed by atoms with Gasteiger partial charge in [-0.15, -0.1) is 11.8 Å². The molecule has 0 saturated carbocycles. The van der Waals surface area contributed by atoms with Gasteiger partial charge in [0.05, 0.1) is 29.4 Å². The molecule has 0 bridgehead atoms. The second-order valence-corrected chi connectivity index (χ2v) is 8.35. The Morgan fingerprint density at radius 2 is 1.90 bits per heavy atom. The van der Waals surface area contributed by atoms with Gasteiger partial charge < -0.3 is 14.6 Å². The molecule has 0 spiro atoms. The van der Waals surface area contributed by atoms with Gasteiger partial charge in [0.15, 0.2) is 0 Å². The van der Waals surface area contributed by atoms with Crippen molar-refractivity contribution in [2.45, 2.75) is 24.8 Å². The van der Waals surface area contributed by atoms with Crippen LogP contribution in [0.2, 0.25) is 5.02 Å². The van der Waals surface area contributed by atoms with Gasteiger partial charge in [0.25, 0.3) is 5.91 Å². The molecule has 0 aliphatic carbocycles. The SMILES string of the molecule is COC(=O)CSc1ccc([C@@H](C)NC(=O)c2cc3c(Cl)cc(C)cc3n2C)cc1. The lowest BCUT2D eigenvalue weighted by atomic mass is 10.1. The summed E-state index contributed by atoms with van der Waals surface area (Å²) in [5.41, 5.74) is 3.52. The Bertz CT molecular complexity index is 1060. The van der Waals surface area contributed by atoms with Crippen molar-refractivity contribution in [2.24, 2.45) is 7.05 Å². The third-order valence-electron chi connectivity index (χ3n) is 4.80. The van der Waals surface area contributed by atoms with E-state index in [4.69, 9.17) is 11.6 Å². The molecule has 0 aliphatic rings. The third kappa shape index (κ3) is 4.77. The van der Waals surface area contributed by atoms with Gasteiger partial charge in [-0.3, -0.25) is 9.59 Å². The van der Waals surface area contributed by atoms with E-state index in [1.54, 1.807) is 0 Å². The van der Waals surface area contributed by atoms with Crippen LogP contribution < -0.4 is 5.32 Å². The maximum atomic E-state index is 12.9. The van der Waals surface area contributed by atoms with Gasteiger partial charge in [0.2, 0.25) is 0 Å². The second kappa shape index (κ2) is 8.93. The molecule has 2 aromatic carbocycles. The number of nitrogens with zero attached hydrogens (tertiary/aromatic N) is 1. The molecule has 1 N–H and O–H groups in total. The molecule has 1 atom stereocenters. The van der Waals surface area contributed by atoms with E-state index < -0.39 is 0 Å². The summed E-state index contributed by atoms with van der Waals surface area (Å²) in [5.74, 6) is -0.149. The summed E-state index contributed by atoms with van der Waals surface area (Å²) in [6.45, 7) is 3.92. The molecule has 1 heterocycles. The lowest BCUT2D eigenvalue weighted by molar-refractivity contribution is -0.137. The van der Waals surface area contributed by atoms with Gasteiger partial charge >= 0.3 is 5.97 Å². The highest BCUT2D eigenvalue weighted by Crippen LogP contribution is 2.28. The number of hydrogen-bond donors (Lipinski definition) is 1. The van der Waals surface area contributed by atoms with Crippen molar-refractivity contribution in [3.63, 3.8) is 0 Å². The topological polar surface area (TPSA) is 60.3 Å². The Kier molecular flexibility index (Phi) is 6.55. The number of aryl methyl sites for hydroxylation is 2. The first-order valence-corrected chi connectivity index (χ1v) is 10.5. The molecule has 0 fully saturated rings. The van der Waals surface area contributed by atoms with Crippen LogP contribution in [-0.4, -0.2) is 29.3 Å². The van der Waals surface area contributed by atoms with E-state index in [0.717, 1.165) is 26.9 Å². The highest BCUT2D eigenvalue weighted by molar-refractivity contribution is 8.00.